The van der Waals surface area contributed by atoms with Crippen LogP contribution in [0.15, 0.2) is 24.3 Å². The van der Waals surface area contributed by atoms with Crippen LogP contribution in [0, 0.1) is 0 Å². The molecule has 0 spiro atoms. The van der Waals surface area contributed by atoms with Crippen molar-refractivity contribution in [3.63, 3.8) is 0 Å². The maximum Gasteiger partial charge on any atom is 0.251 e. The largest absolute Gasteiger partial charge is 0.389 e. The number of carbonyl (C=O) groups excluding carboxylic acids is 1. The summed E-state index contributed by atoms with van der Waals surface area (Å²) in [7, 11) is 1.80. The number of nitrogens with two attached hydrogens (primary N) is 1. The van der Waals surface area contributed by atoms with E-state index in [1.807, 2.05) is 24.3 Å². The van der Waals surface area contributed by atoms with Crippen molar-refractivity contribution in [3.05, 3.63) is 35.4 Å². The molecule has 1 atom stereocenters. The van der Waals surface area contributed by atoms with Gasteiger partial charge in [-0.05, 0) is 30.9 Å². The Kier molecular flexibility index (Phi) is 5.09. The molecule has 1 unspecified atom stereocenters. The number of likely N-dealkylation sites (N-methyl/N-ethyl adjacent to an activating group) is 1. The van der Waals surface area contributed by atoms with Crippen LogP contribution in [0.2, 0.25) is 0 Å². The van der Waals surface area contributed by atoms with Gasteiger partial charge < -0.3 is 15.4 Å². The molecule has 4 nitrogen and oxygen atoms in total. The topological polar surface area (TPSA) is 55.6 Å². The van der Waals surface area contributed by atoms with Gasteiger partial charge in [-0.2, -0.15) is 0 Å². The summed E-state index contributed by atoms with van der Waals surface area (Å²) in [6, 6.07) is 7.66. The number of nitrogens with zero attached hydrogens (tertiary/aromatic N) is 1. The lowest BCUT2D eigenvalue weighted by molar-refractivity contribution is -0.145. The first-order chi connectivity index (χ1) is 9.58. The van der Waals surface area contributed by atoms with Crippen LogP contribution in [0.3, 0.4) is 0 Å². The molecule has 0 bridgehead atoms. The third-order valence-electron chi connectivity index (χ3n) is 3.46. The molecule has 1 heterocycles. The van der Waals surface area contributed by atoms with Crippen LogP contribution in [0.4, 0.5) is 0 Å². The minimum absolute atomic E-state index is 0.0467. The maximum atomic E-state index is 12.3. The smallest absolute Gasteiger partial charge is 0.251 e. The summed E-state index contributed by atoms with van der Waals surface area (Å²) in [5.74, 6) is 0.0467. The summed E-state index contributed by atoms with van der Waals surface area (Å²) in [6.07, 6.45) is 2.63. The van der Waals surface area contributed by atoms with Crippen LogP contribution in [-0.2, 0) is 16.1 Å². The van der Waals surface area contributed by atoms with Crippen LogP contribution in [-0.4, -0.2) is 35.6 Å². The van der Waals surface area contributed by atoms with Gasteiger partial charge in [0.05, 0.1) is 0 Å². The van der Waals surface area contributed by atoms with Crippen molar-refractivity contribution in [3.8, 4) is 0 Å². The molecule has 2 N–H and O–H groups in total. The fourth-order valence-corrected chi connectivity index (χ4v) is 2.48. The van der Waals surface area contributed by atoms with Gasteiger partial charge in [0, 0.05) is 25.8 Å². The van der Waals surface area contributed by atoms with Gasteiger partial charge in [0.1, 0.15) is 11.1 Å². The van der Waals surface area contributed by atoms with Crippen molar-refractivity contribution in [2.24, 2.45) is 5.73 Å². The van der Waals surface area contributed by atoms with E-state index in [0.717, 1.165) is 30.4 Å². The SMILES string of the molecule is CN(Cc1cccc(C(N)=S)c1)C(=O)C1CCCCO1. The predicted molar refractivity (Wildman–Crippen MR) is 82.4 cm³/mol. The van der Waals surface area contributed by atoms with Crippen molar-refractivity contribution in [1.29, 1.82) is 0 Å². The van der Waals surface area contributed by atoms with Crippen molar-refractivity contribution < 1.29 is 9.53 Å². The highest BCUT2D eigenvalue weighted by Gasteiger charge is 2.24. The quantitative estimate of drug-likeness (QED) is 0.861. The average molecular weight is 292 g/mol. The van der Waals surface area contributed by atoms with Gasteiger partial charge >= 0.3 is 0 Å². The Bertz CT molecular complexity index is 498. The van der Waals surface area contributed by atoms with E-state index >= 15 is 0 Å². The molecule has 20 heavy (non-hydrogen) atoms. The third-order valence-corrected chi connectivity index (χ3v) is 3.70. The Morgan fingerprint density at radius 2 is 2.30 bits per heavy atom. The Morgan fingerprint density at radius 3 is 2.95 bits per heavy atom. The van der Waals surface area contributed by atoms with Gasteiger partial charge in [0.25, 0.3) is 5.91 Å². The van der Waals surface area contributed by atoms with Gasteiger partial charge in [-0.25, -0.2) is 0 Å². The zero-order chi connectivity index (χ0) is 14.5. The van der Waals surface area contributed by atoms with Crippen molar-refractivity contribution in [1.82, 2.24) is 4.90 Å². The summed E-state index contributed by atoms with van der Waals surface area (Å²) in [6.45, 7) is 1.22. The van der Waals surface area contributed by atoms with E-state index in [-0.39, 0.29) is 12.0 Å². The monoisotopic (exact) mass is 292 g/mol. The molecule has 108 valence electrons. The highest BCUT2D eigenvalue weighted by atomic mass is 32.1. The maximum absolute atomic E-state index is 12.3. The second-order valence-corrected chi connectivity index (χ2v) is 5.55. The first kappa shape index (κ1) is 14.9. The summed E-state index contributed by atoms with van der Waals surface area (Å²) < 4.78 is 5.53. The third kappa shape index (κ3) is 3.77. The lowest BCUT2D eigenvalue weighted by Gasteiger charge is -2.26. The average Bonchev–Trinajstić information content (AvgIpc) is 2.47. The standard InChI is InChI=1S/C15H20N2O2S/c1-17(15(18)13-7-2-3-8-19-13)10-11-5-4-6-12(9-11)14(16)20/h4-6,9,13H,2-3,7-8,10H2,1H3,(H2,16,20). The Morgan fingerprint density at radius 1 is 1.50 bits per heavy atom. The summed E-state index contributed by atoms with van der Waals surface area (Å²) in [5, 5.41) is 0. The number of ether oxygens (including phenoxy) is 1. The number of benzene rings is 1. The molecule has 2 rings (SSSR count). The number of thiocarbonyl (C=S) groups is 1. The molecule has 0 aliphatic carbocycles. The Balaban J connectivity index is 1.99. The van der Waals surface area contributed by atoms with Crippen molar-refractivity contribution in [2.45, 2.75) is 31.9 Å². The minimum Gasteiger partial charge on any atom is -0.389 e. The first-order valence-electron chi connectivity index (χ1n) is 6.83. The van der Waals surface area contributed by atoms with Gasteiger partial charge in [-0.3, -0.25) is 4.79 Å². The Hall–Kier alpha value is -1.46. The van der Waals surface area contributed by atoms with Crippen LogP contribution in [0.25, 0.3) is 0 Å². The highest BCUT2D eigenvalue weighted by Crippen LogP contribution is 2.16. The van der Waals surface area contributed by atoms with E-state index in [9.17, 15) is 4.79 Å². The number of carbonyl (C=O) groups is 1. The van der Waals surface area contributed by atoms with Crippen LogP contribution >= 0.6 is 12.2 Å². The predicted octanol–water partition coefficient (Wildman–Crippen LogP) is 1.85. The zero-order valence-electron chi connectivity index (χ0n) is 11.7. The van der Waals surface area contributed by atoms with Crippen molar-refractivity contribution >= 4 is 23.1 Å². The first-order valence-corrected chi connectivity index (χ1v) is 7.24. The lowest BCUT2D eigenvalue weighted by Crippen LogP contribution is -2.39. The number of hydrogen-bond donors (Lipinski definition) is 1. The number of rotatable bonds is 4. The molecule has 1 amide bonds. The molecule has 1 aliphatic heterocycles. The zero-order valence-corrected chi connectivity index (χ0v) is 12.5. The minimum atomic E-state index is -0.285. The van der Waals surface area contributed by atoms with Gasteiger partial charge in [0.2, 0.25) is 0 Å². The normalized spacial score (nSPS) is 18.6. The molecule has 0 aromatic heterocycles. The van der Waals surface area contributed by atoms with Crippen LogP contribution in [0.1, 0.15) is 30.4 Å². The molecular weight excluding hydrogens is 272 g/mol. The highest BCUT2D eigenvalue weighted by molar-refractivity contribution is 7.80. The van der Waals surface area contributed by atoms with E-state index < -0.39 is 0 Å². The second-order valence-electron chi connectivity index (χ2n) is 5.11. The fourth-order valence-electron chi connectivity index (χ4n) is 2.36. The van der Waals surface area contributed by atoms with Gasteiger partial charge in [0.15, 0.2) is 0 Å². The molecule has 1 saturated heterocycles. The molecule has 1 aliphatic rings. The lowest BCUT2D eigenvalue weighted by atomic mass is 10.1. The van der Waals surface area contributed by atoms with Crippen LogP contribution < -0.4 is 5.73 Å². The molecule has 5 heteroatoms. The van der Waals surface area contributed by atoms with Gasteiger partial charge in [-0.15, -0.1) is 0 Å². The fraction of sp³-hybridized carbons (Fsp3) is 0.467. The van der Waals surface area contributed by atoms with E-state index in [1.54, 1.807) is 11.9 Å². The molecule has 1 aromatic rings. The second kappa shape index (κ2) is 6.81. The molecular formula is C15H20N2O2S. The van der Waals surface area contributed by atoms with E-state index in [2.05, 4.69) is 0 Å². The summed E-state index contributed by atoms with van der Waals surface area (Å²) in [4.78, 5) is 14.3. The molecule has 0 saturated carbocycles. The number of amides is 1. The molecule has 1 fully saturated rings. The van der Waals surface area contributed by atoms with E-state index in [0.29, 0.717) is 18.1 Å². The molecule has 1 aromatic carbocycles. The summed E-state index contributed by atoms with van der Waals surface area (Å²) in [5.41, 5.74) is 7.46. The van der Waals surface area contributed by atoms with Gasteiger partial charge in [-0.1, -0.05) is 30.4 Å². The van der Waals surface area contributed by atoms with E-state index in [1.165, 1.54) is 0 Å². The Labute approximate surface area is 124 Å². The van der Waals surface area contributed by atoms with E-state index in [4.69, 9.17) is 22.7 Å². The summed E-state index contributed by atoms with van der Waals surface area (Å²) >= 11 is 4.97. The number of hydrogen-bond acceptors (Lipinski definition) is 3. The van der Waals surface area contributed by atoms with Crippen LogP contribution in [0.5, 0.6) is 0 Å². The molecule has 0 radical (unpaired) electrons. The van der Waals surface area contributed by atoms with Crippen molar-refractivity contribution in [2.75, 3.05) is 13.7 Å².